The maximum Gasteiger partial charge on any atom is 0.0372 e. The Labute approximate surface area is 105 Å². The van der Waals surface area contributed by atoms with Crippen LogP contribution in [-0.2, 0) is 12.8 Å². The zero-order valence-corrected chi connectivity index (χ0v) is 10.9. The standard InChI is InChI=1S/C15H24N2/c1-2-3-9-16-11-8-13-6-7-15-14(12-13)5-4-10-17-15/h6-7,12,16-17H,2-5,8-11H2,1H3. The first-order valence-electron chi connectivity index (χ1n) is 6.96. The van der Waals surface area contributed by atoms with Gasteiger partial charge in [0.1, 0.15) is 0 Å². The van der Waals surface area contributed by atoms with Crippen molar-refractivity contribution < 1.29 is 0 Å². The van der Waals surface area contributed by atoms with E-state index < -0.39 is 0 Å². The summed E-state index contributed by atoms with van der Waals surface area (Å²) in [6.07, 6.45) is 6.22. The van der Waals surface area contributed by atoms with Crippen molar-refractivity contribution in [3.63, 3.8) is 0 Å². The van der Waals surface area contributed by atoms with Gasteiger partial charge in [-0.2, -0.15) is 0 Å². The van der Waals surface area contributed by atoms with Crippen LogP contribution < -0.4 is 10.6 Å². The molecule has 1 aliphatic rings. The van der Waals surface area contributed by atoms with Gasteiger partial charge in [-0.25, -0.2) is 0 Å². The van der Waals surface area contributed by atoms with Crippen LogP contribution in [0.15, 0.2) is 18.2 Å². The second-order valence-electron chi connectivity index (χ2n) is 4.88. The number of unbranched alkanes of at least 4 members (excludes halogenated alkanes) is 1. The molecule has 0 fully saturated rings. The highest BCUT2D eigenvalue weighted by molar-refractivity contribution is 5.54. The molecule has 0 bridgehead atoms. The summed E-state index contributed by atoms with van der Waals surface area (Å²) < 4.78 is 0. The molecule has 0 aliphatic carbocycles. The van der Waals surface area contributed by atoms with Gasteiger partial charge in [-0.1, -0.05) is 25.5 Å². The molecule has 1 aromatic carbocycles. The Hall–Kier alpha value is -1.02. The zero-order chi connectivity index (χ0) is 11.9. The molecule has 0 radical (unpaired) electrons. The molecule has 1 aliphatic heterocycles. The maximum absolute atomic E-state index is 3.50. The number of nitrogens with one attached hydrogen (secondary N) is 2. The SMILES string of the molecule is CCCCNCCc1ccc2c(c1)CCCN2. The zero-order valence-electron chi connectivity index (χ0n) is 10.9. The summed E-state index contributed by atoms with van der Waals surface area (Å²) in [4.78, 5) is 0. The van der Waals surface area contributed by atoms with Crippen molar-refractivity contribution in [3.8, 4) is 0 Å². The third-order valence-electron chi connectivity index (χ3n) is 3.41. The number of anilines is 1. The van der Waals surface area contributed by atoms with Crippen LogP contribution in [0, 0.1) is 0 Å². The topological polar surface area (TPSA) is 24.1 Å². The molecule has 0 saturated carbocycles. The predicted octanol–water partition coefficient (Wildman–Crippen LogP) is 2.98. The van der Waals surface area contributed by atoms with Crippen LogP contribution in [0.4, 0.5) is 5.69 Å². The van der Waals surface area contributed by atoms with Gasteiger partial charge in [0, 0.05) is 12.2 Å². The molecule has 0 atom stereocenters. The van der Waals surface area contributed by atoms with Crippen molar-refractivity contribution in [2.24, 2.45) is 0 Å². The van der Waals surface area contributed by atoms with E-state index in [2.05, 4.69) is 35.8 Å². The second-order valence-corrected chi connectivity index (χ2v) is 4.88. The lowest BCUT2D eigenvalue weighted by Gasteiger charge is -2.18. The molecule has 0 aromatic heterocycles. The van der Waals surface area contributed by atoms with Gasteiger partial charge in [-0.3, -0.25) is 0 Å². The molecule has 2 N–H and O–H groups in total. The van der Waals surface area contributed by atoms with E-state index in [1.54, 1.807) is 0 Å². The van der Waals surface area contributed by atoms with E-state index in [1.807, 2.05) is 0 Å². The molecule has 2 heteroatoms. The molecule has 17 heavy (non-hydrogen) atoms. The van der Waals surface area contributed by atoms with Crippen LogP contribution in [0.5, 0.6) is 0 Å². The molecule has 0 saturated heterocycles. The van der Waals surface area contributed by atoms with E-state index in [0.29, 0.717) is 0 Å². The van der Waals surface area contributed by atoms with Crippen LogP contribution in [0.3, 0.4) is 0 Å². The summed E-state index contributed by atoms with van der Waals surface area (Å²) >= 11 is 0. The number of fused-ring (bicyclic) bond motifs is 1. The second kappa shape index (κ2) is 6.65. The predicted molar refractivity (Wildman–Crippen MR) is 74.7 cm³/mol. The molecule has 2 nitrogen and oxygen atoms in total. The Balaban J connectivity index is 1.81. The smallest absolute Gasteiger partial charge is 0.0372 e. The van der Waals surface area contributed by atoms with E-state index in [1.165, 1.54) is 42.5 Å². The summed E-state index contributed by atoms with van der Waals surface area (Å²) in [5.41, 5.74) is 4.32. The van der Waals surface area contributed by atoms with Gasteiger partial charge in [0.2, 0.25) is 0 Å². The highest BCUT2D eigenvalue weighted by atomic mass is 14.9. The monoisotopic (exact) mass is 232 g/mol. The molecule has 1 aromatic rings. The summed E-state index contributed by atoms with van der Waals surface area (Å²) in [5, 5.41) is 6.96. The van der Waals surface area contributed by atoms with E-state index in [0.717, 1.165) is 26.1 Å². The van der Waals surface area contributed by atoms with E-state index >= 15 is 0 Å². The number of hydrogen-bond acceptors (Lipinski definition) is 2. The Morgan fingerprint density at radius 3 is 3.12 bits per heavy atom. The molecule has 2 rings (SSSR count). The van der Waals surface area contributed by atoms with Gasteiger partial charge in [0.05, 0.1) is 0 Å². The highest BCUT2D eigenvalue weighted by Gasteiger charge is 2.08. The van der Waals surface area contributed by atoms with Gasteiger partial charge >= 0.3 is 0 Å². The minimum Gasteiger partial charge on any atom is -0.385 e. The van der Waals surface area contributed by atoms with E-state index in [4.69, 9.17) is 0 Å². The maximum atomic E-state index is 3.50. The number of hydrogen-bond donors (Lipinski definition) is 2. The number of benzene rings is 1. The fourth-order valence-corrected chi connectivity index (χ4v) is 2.34. The van der Waals surface area contributed by atoms with Crippen LogP contribution >= 0.6 is 0 Å². The van der Waals surface area contributed by atoms with Crippen LogP contribution in [0.25, 0.3) is 0 Å². The van der Waals surface area contributed by atoms with Crippen molar-refractivity contribution in [3.05, 3.63) is 29.3 Å². The van der Waals surface area contributed by atoms with Gasteiger partial charge in [0.15, 0.2) is 0 Å². The minimum absolute atomic E-state index is 1.10. The minimum atomic E-state index is 1.10. The lowest BCUT2D eigenvalue weighted by molar-refractivity contribution is 0.640. The first kappa shape index (κ1) is 12.4. The van der Waals surface area contributed by atoms with Gasteiger partial charge in [-0.15, -0.1) is 0 Å². The Kier molecular flexibility index (Phi) is 4.87. The molecule has 0 unspecified atom stereocenters. The van der Waals surface area contributed by atoms with Crippen molar-refractivity contribution in [1.82, 2.24) is 5.32 Å². The Bertz CT molecular complexity index is 347. The fourth-order valence-electron chi connectivity index (χ4n) is 2.34. The van der Waals surface area contributed by atoms with Crippen molar-refractivity contribution in [2.75, 3.05) is 25.0 Å². The van der Waals surface area contributed by atoms with Crippen molar-refractivity contribution >= 4 is 5.69 Å². The molecule has 1 heterocycles. The van der Waals surface area contributed by atoms with Crippen molar-refractivity contribution in [1.29, 1.82) is 0 Å². The Morgan fingerprint density at radius 2 is 2.24 bits per heavy atom. The molecular formula is C15H24N2. The largest absolute Gasteiger partial charge is 0.385 e. The number of aryl methyl sites for hydroxylation is 1. The van der Waals surface area contributed by atoms with Gasteiger partial charge in [-0.05, 0) is 56.0 Å². The third-order valence-corrected chi connectivity index (χ3v) is 3.41. The first-order valence-corrected chi connectivity index (χ1v) is 6.96. The van der Waals surface area contributed by atoms with E-state index in [-0.39, 0.29) is 0 Å². The van der Waals surface area contributed by atoms with Gasteiger partial charge < -0.3 is 10.6 Å². The van der Waals surface area contributed by atoms with E-state index in [9.17, 15) is 0 Å². The van der Waals surface area contributed by atoms with Crippen molar-refractivity contribution in [2.45, 2.75) is 39.0 Å². The lowest BCUT2D eigenvalue weighted by atomic mass is 9.99. The fraction of sp³-hybridized carbons (Fsp3) is 0.600. The van der Waals surface area contributed by atoms with Crippen LogP contribution in [-0.4, -0.2) is 19.6 Å². The summed E-state index contributed by atoms with van der Waals surface area (Å²) in [6.45, 7) is 5.62. The quantitative estimate of drug-likeness (QED) is 0.737. The first-order chi connectivity index (χ1) is 8.40. The summed E-state index contributed by atoms with van der Waals surface area (Å²) in [7, 11) is 0. The highest BCUT2D eigenvalue weighted by Crippen LogP contribution is 2.22. The van der Waals surface area contributed by atoms with Gasteiger partial charge in [0.25, 0.3) is 0 Å². The number of rotatable bonds is 6. The Morgan fingerprint density at radius 1 is 1.29 bits per heavy atom. The molecular weight excluding hydrogens is 208 g/mol. The molecule has 0 amide bonds. The van der Waals surface area contributed by atoms with Crippen LogP contribution in [0.2, 0.25) is 0 Å². The average molecular weight is 232 g/mol. The third kappa shape index (κ3) is 3.74. The summed E-state index contributed by atoms with van der Waals surface area (Å²) in [6, 6.07) is 6.89. The molecule has 94 valence electrons. The normalized spacial score (nSPS) is 14.2. The lowest BCUT2D eigenvalue weighted by Crippen LogP contribution is -2.18. The van der Waals surface area contributed by atoms with Crippen LogP contribution in [0.1, 0.15) is 37.3 Å². The average Bonchev–Trinajstić information content (AvgIpc) is 2.38. The summed E-state index contributed by atoms with van der Waals surface area (Å²) in [5.74, 6) is 0. The molecule has 0 spiro atoms.